The molecule has 44 valence electrons. The van der Waals surface area contributed by atoms with Crippen LogP contribution in [0.2, 0.25) is 0 Å². The van der Waals surface area contributed by atoms with Crippen LogP contribution in [0, 0.1) is 39.4 Å². The predicted octanol–water partition coefficient (Wildman–Crippen LogP) is 0.954. The van der Waals surface area contributed by atoms with E-state index in [0.717, 1.165) is 0 Å². The van der Waals surface area contributed by atoms with Gasteiger partial charge < -0.3 is 0 Å². The number of nitrogens with zero attached hydrogens (tertiary/aromatic N) is 3. The molecule has 3 heteroatoms. The normalized spacial score (nSPS) is 8.67. The third-order valence-corrected chi connectivity index (χ3v) is 1.10. The Balaban J connectivity index is 4.54. The minimum atomic E-state index is -1.42. The topological polar surface area (TPSA) is 71.4 Å². The van der Waals surface area contributed by atoms with E-state index in [1.165, 1.54) is 0 Å². The van der Waals surface area contributed by atoms with Gasteiger partial charge in [0.2, 0.25) is 5.41 Å². The lowest BCUT2D eigenvalue weighted by atomic mass is 9.91. The highest BCUT2D eigenvalue weighted by Gasteiger charge is 2.26. The van der Waals surface area contributed by atoms with Gasteiger partial charge in [0.25, 0.3) is 0 Å². The zero-order chi connectivity index (χ0) is 7.33. The standard InChI is InChI=1S/C6H5N3/c1-2-6(3-7,4-8)5-9/h2H2,1H3. The summed E-state index contributed by atoms with van der Waals surface area (Å²) in [5, 5.41) is 24.8. The molecular weight excluding hydrogens is 114 g/mol. The van der Waals surface area contributed by atoms with Crippen molar-refractivity contribution in [3.8, 4) is 18.2 Å². The van der Waals surface area contributed by atoms with E-state index in [4.69, 9.17) is 15.8 Å². The van der Waals surface area contributed by atoms with Gasteiger partial charge in [-0.05, 0) is 6.42 Å². The van der Waals surface area contributed by atoms with Gasteiger partial charge in [0, 0.05) is 0 Å². The van der Waals surface area contributed by atoms with Gasteiger partial charge in [-0.1, -0.05) is 6.92 Å². The van der Waals surface area contributed by atoms with E-state index >= 15 is 0 Å². The molecule has 0 saturated carbocycles. The molecule has 3 nitrogen and oxygen atoms in total. The van der Waals surface area contributed by atoms with Crippen molar-refractivity contribution >= 4 is 0 Å². The largest absolute Gasteiger partial charge is 0.228 e. The fourth-order valence-corrected chi connectivity index (χ4v) is 0.312. The lowest BCUT2D eigenvalue weighted by molar-refractivity contribution is 0.650. The van der Waals surface area contributed by atoms with Crippen LogP contribution >= 0.6 is 0 Å². The number of rotatable bonds is 1. The van der Waals surface area contributed by atoms with Gasteiger partial charge in [0.1, 0.15) is 18.2 Å². The van der Waals surface area contributed by atoms with Crippen molar-refractivity contribution in [2.75, 3.05) is 0 Å². The fraction of sp³-hybridized carbons (Fsp3) is 0.500. The second-order valence-electron chi connectivity index (χ2n) is 1.59. The second-order valence-corrected chi connectivity index (χ2v) is 1.59. The first kappa shape index (κ1) is 7.47. The molecule has 0 N–H and O–H groups in total. The van der Waals surface area contributed by atoms with Crippen molar-refractivity contribution < 1.29 is 0 Å². The molecule has 0 rings (SSSR count). The van der Waals surface area contributed by atoms with Crippen molar-refractivity contribution in [2.24, 2.45) is 5.41 Å². The van der Waals surface area contributed by atoms with Crippen LogP contribution in [0.1, 0.15) is 13.3 Å². The Kier molecular flexibility index (Phi) is 2.24. The molecule has 0 atom stereocenters. The van der Waals surface area contributed by atoms with E-state index in [9.17, 15) is 0 Å². The Morgan fingerprint density at radius 1 is 1.11 bits per heavy atom. The Labute approximate surface area is 53.7 Å². The van der Waals surface area contributed by atoms with Crippen molar-refractivity contribution in [3.05, 3.63) is 0 Å². The van der Waals surface area contributed by atoms with Crippen molar-refractivity contribution in [2.45, 2.75) is 13.3 Å². The zero-order valence-corrected chi connectivity index (χ0v) is 5.05. The van der Waals surface area contributed by atoms with Gasteiger partial charge in [-0.15, -0.1) is 0 Å². The van der Waals surface area contributed by atoms with Crippen LogP contribution in [-0.2, 0) is 0 Å². The predicted molar refractivity (Wildman–Crippen MR) is 29.6 cm³/mol. The zero-order valence-electron chi connectivity index (χ0n) is 5.05. The second kappa shape index (κ2) is 2.70. The summed E-state index contributed by atoms with van der Waals surface area (Å²) in [6, 6.07) is 4.93. The molecule has 0 aliphatic carbocycles. The summed E-state index contributed by atoms with van der Waals surface area (Å²) in [4.78, 5) is 0. The highest BCUT2D eigenvalue weighted by atomic mass is 14.4. The molecule has 0 amide bonds. The average Bonchev–Trinajstić information content (AvgIpc) is 1.95. The van der Waals surface area contributed by atoms with Gasteiger partial charge in [-0.2, -0.15) is 15.8 Å². The lowest BCUT2D eigenvalue weighted by Crippen LogP contribution is -2.10. The first-order valence-electron chi connectivity index (χ1n) is 2.48. The van der Waals surface area contributed by atoms with Crippen LogP contribution < -0.4 is 0 Å². The quantitative estimate of drug-likeness (QED) is 0.516. The number of hydrogen-bond donors (Lipinski definition) is 0. The van der Waals surface area contributed by atoms with E-state index in [1.807, 2.05) is 0 Å². The fourth-order valence-electron chi connectivity index (χ4n) is 0.312. The molecule has 0 aliphatic heterocycles. The summed E-state index contributed by atoms with van der Waals surface area (Å²) >= 11 is 0. The number of nitriles is 3. The molecule has 0 aliphatic rings. The molecule has 9 heavy (non-hydrogen) atoms. The van der Waals surface area contributed by atoms with Crippen LogP contribution in [-0.4, -0.2) is 0 Å². The molecule has 0 aromatic carbocycles. The summed E-state index contributed by atoms with van der Waals surface area (Å²) in [5.41, 5.74) is -1.42. The number of hydrogen-bond acceptors (Lipinski definition) is 3. The maximum Gasteiger partial charge on any atom is 0.228 e. The monoisotopic (exact) mass is 119 g/mol. The molecule has 0 aromatic rings. The highest BCUT2D eigenvalue weighted by molar-refractivity contribution is 5.24. The molecule has 0 unspecified atom stereocenters. The Bertz CT molecular complexity index is 174. The van der Waals surface area contributed by atoms with Crippen LogP contribution in [0.25, 0.3) is 0 Å². The van der Waals surface area contributed by atoms with Crippen molar-refractivity contribution in [1.82, 2.24) is 0 Å². The smallest absolute Gasteiger partial charge is 0.195 e. The van der Waals surface area contributed by atoms with E-state index < -0.39 is 5.41 Å². The molecule has 0 radical (unpaired) electrons. The molecule has 0 heterocycles. The summed E-state index contributed by atoms with van der Waals surface area (Å²) in [7, 11) is 0. The van der Waals surface area contributed by atoms with Crippen molar-refractivity contribution in [3.63, 3.8) is 0 Å². The van der Waals surface area contributed by atoms with Gasteiger partial charge >= 0.3 is 0 Å². The van der Waals surface area contributed by atoms with Gasteiger partial charge in [-0.3, -0.25) is 0 Å². The lowest BCUT2D eigenvalue weighted by Gasteiger charge is -2.01. The molecule has 0 bridgehead atoms. The first-order chi connectivity index (χ1) is 4.24. The summed E-state index contributed by atoms with van der Waals surface area (Å²) in [6.07, 6.45) is 0.260. The third kappa shape index (κ3) is 1.18. The van der Waals surface area contributed by atoms with E-state index in [1.54, 1.807) is 25.1 Å². The molecule has 0 saturated heterocycles. The first-order valence-corrected chi connectivity index (χ1v) is 2.48. The maximum atomic E-state index is 8.28. The molecule has 0 fully saturated rings. The maximum absolute atomic E-state index is 8.28. The SMILES string of the molecule is CCC(C#N)(C#N)C#N. The summed E-state index contributed by atoms with van der Waals surface area (Å²) in [5.74, 6) is 0. The Morgan fingerprint density at radius 2 is 1.44 bits per heavy atom. The Hall–Kier alpha value is -1.53. The minimum Gasteiger partial charge on any atom is -0.195 e. The van der Waals surface area contributed by atoms with Crippen LogP contribution in [0.3, 0.4) is 0 Å². The van der Waals surface area contributed by atoms with E-state index in [2.05, 4.69) is 0 Å². The van der Waals surface area contributed by atoms with E-state index in [-0.39, 0.29) is 6.42 Å². The van der Waals surface area contributed by atoms with Crippen LogP contribution in [0.15, 0.2) is 0 Å². The summed E-state index contributed by atoms with van der Waals surface area (Å²) in [6.45, 7) is 1.63. The van der Waals surface area contributed by atoms with Crippen LogP contribution in [0.4, 0.5) is 0 Å². The van der Waals surface area contributed by atoms with E-state index in [0.29, 0.717) is 0 Å². The molecule has 0 aromatic heterocycles. The van der Waals surface area contributed by atoms with Gasteiger partial charge in [-0.25, -0.2) is 0 Å². The third-order valence-electron chi connectivity index (χ3n) is 1.10. The minimum absolute atomic E-state index is 0.260. The molecule has 0 spiro atoms. The molecular formula is C6H5N3. The van der Waals surface area contributed by atoms with Gasteiger partial charge in [0.05, 0.1) is 0 Å². The summed E-state index contributed by atoms with van der Waals surface area (Å²) < 4.78 is 0. The average molecular weight is 119 g/mol. The van der Waals surface area contributed by atoms with Crippen LogP contribution in [0.5, 0.6) is 0 Å². The Morgan fingerprint density at radius 3 is 1.44 bits per heavy atom. The van der Waals surface area contributed by atoms with Crippen molar-refractivity contribution in [1.29, 1.82) is 15.8 Å². The van der Waals surface area contributed by atoms with Gasteiger partial charge in [0.15, 0.2) is 0 Å². The highest BCUT2D eigenvalue weighted by Crippen LogP contribution is 2.16.